The number of hydrogen-bond donors (Lipinski definition) is 2. The zero-order valence-corrected chi connectivity index (χ0v) is 12.1. The van der Waals surface area contributed by atoms with E-state index in [0.717, 1.165) is 11.3 Å². The molecule has 0 aromatic heterocycles. The first-order chi connectivity index (χ1) is 8.97. The number of nitrogens with one attached hydrogen (secondary N) is 1. The molecule has 0 amide bonds. The molecule has 2 N–H and O–H groups in total. The molecule has 1 aromatic rings. The summed E-state index contributed by atoms with van der Waals surface area (Å²) in [4.78, 5) is 12.8. The van der Waals surface area contributed by atoms with Gasteiger partial charge in [0.1, 0.15) is 0 Å². The van der Waals surface area contributed by atoms with Gasteiger partial charge >= 0.3 is 5.97 Å². The summed E-state index contributed by atoms with van der Waals surface area (Å²) in [5, 5.41) is 13.4. The van der Waals surface area contributed by atoms with E-state index in [2.05, 4.69) is 5.32 Å². The van der Waals surface area contributed by atoms with Gasteiger partial charge in [-0.05, 0) is 49.3 Å². The average Bonchev–Trinajstić information content (AvgIpc) is 2.82. The first kappa shape index (κ1) is 14.1. The smallest absolute Gasteiger partial charge is 0.308 e. The lowest BCUT2D eigenvalue weighted by Gasteiger charge is -2.21. The molecule has 19 heavy (non-hydrogen) atoms. The van der Waals surface area contributed by atoms with Gasteiger partial charge in [-0.2, -0.15) is 0 Å². The van der Waals surface area contributed by atoms with Crippen molar-refractivity contribution in [3.8, 4) is 0 Å². The Morgan fingerprint density at radius 2 is 2.32 bits per heavy atom. The number of aliphatic carboxylic acids is 1. The molecule has 0 spiro atoms. The van der Waals surface area contributed by atoms with Gasteiger partial charge in [-0.1, -0.05) is 11.6 Å². The summed E-state index contributed by atoms with van der Waals surface area (Å²) < 4.78 is 0. The number of likely N-dealkylation sites (tertiary alicyclic amines) is 1. The van der Waals surface area contributed by atoms with Gasteiger partial charge in [0.15, 0.2) is 5.11 Å². The van der Waals surface area contributed by atoms with E-state index in [9.17, 15) is 4.79 Å². The second kappa shape index (κ2) is 5.75. The van der Waals surface area contributed by atoms with Gasteiger partial charge in [0.2, 0.25) is 0 Å². The monoisotopic (exact) mass is 298 g/mol. The first-order valence-electron chi connectivity index (χ1n) is 6.02. The predicted octanol–water partition coefficient (Wildman–Crippen LogP) is 2.75. The first-order valence-corrected chi connectivity index (χ1v) is 6.81. The zero-order valence-electron chi connectivity index (χ0n) is 10.5. The molecule has 6 heteroatoms. The highest BCUT2D eigenvalue weighted by Gasteiger charge is 2.29. The Morgan fingerprint density at radius 1 is 1.58 bits per heavy atom. The zero-order chi connectivity index (χ0) is 14.0. The Balaban J connectivity index is 2.00. The van der Waals surface area contributed by atoms with E-state index in [1.54, 1.807) is 6.07 Å². The number of rotatable bonds is 2. The topological polar surface area (TPSA) is 52.6 Å². The summed E-state index contributed by atoms with van der Waals surface area (Å²) in [5.41, 5.74) is 1.90. The highest BCUT2D eigenvalue weighted by atomic mass is 35.5. The lowest BCUT2D eigenvalue weighted by molar-refractivity contribution is -0.141. The Hall–Kier alpha value is -1.33. The van der Waals surface area contributed by atoms with Crippen molar-refractivity contribution >= 4 is 40.6 Å². The second-order valence-electron chi connectivity index (χ2n) is 4.66. The maximum absolute atomic E-state index is 10.9. The molecule has 1 atom stereocenters. The molecular formula is C13H15ClN2O2S. The van der Waals surface area contributed by atoms with Crippen LogP contribution in [0.25, 0.3) is 0 Å². The minimum atomic E-state index is -0.757. The van der Waals surface area contributed by atoms with Crippen LogP contribution in [0.4, 0.5) is 5.69 Å². The van der Waals surface area contributed by atoms with Gasteiger partial charge in [-0.15, -0.1) is 0 Å². The third kappa shape index (κ3) is 3.36. The summed E-state index contributed by atoms with van der Waals surface area (Å²) in [6.07, 6.45) is 0.636. The minimum Gasteiger partial charge on any atom is -0.481 e. The van der Waals surface area contributed by atoms with Gasteiger partial charge in [-0.3, -0.25) is 4.79 Å². The van der Waals surface area contributed by atoms with E-state index < -0.39 is 5.97 Å². The van der Waals surface area contributed by atoms with E-state index in [1.807, 2.05) is 24.0 Å². The molecule has 0 aliphatic carbocycles. The Labute approximate surface area is 122 Å². The van der Waals surface area contributed by atoms with Crippen molar-refractivity contribution in [1.82, 2.24) is 4.90 Å². The van der Waals surface area contributed by atoms with Crippen LogP contribution in [0.3, 0.4) is 0 Å². The number of anilines is 1. The van der Waals surface area contributed by atoms with Crippen molar-refractivity contribution in [2.24, 2.45) is 5.92 Å². The number of thiocarbonyl (C=S) groups is 1. The van der Waals surface area contributed by atoms with E-state index in [0.29, 0.717) is 29.6 Å². The molecule has 2 rings (SSSR count). The number of nitrogens with zero attached hydrogens (tertiary/aromatic N) is 1. The molecule has 1 unspecified atom stereocenters. The van der Waals surface area contributed by atoms with E-state index >= 15 is 0 Å². The van der Waals surface area contributed by atoms with Crippen LogP contribution in [0.1, 0.15) is 12.0 Å². The fourth-order valence-electron chi connectivity index (χ4n) is 2.11. The van der Waals surface area contributed by atoms with Crippen LogP contribution in [-0.4, -0.2) is 34.2 Å². The van der Waals surface area contributed by atoms with E-state index in [4.69, 9.17) is 28.9 Å². The van der Waals surface area contributed by atoms with E-state index in [-0.39, 0.29) is 5.92 Å². The van der Waals surface area contributed by atoms with Crippen LogP contribution in [-0.2, 0) is 4.79 Å². The summed E-state index contributed by atoms with van der Waals surface area (Å²) in [5.74, 6) is -1.08. The molecule has 1 aromatic carbocycles. The summed E-state index contributed by atoms with van der Waals surface area (Å²) in [6, 6.07) is 5.52. The maximum atomic E-state index is 10.9. The molecule has 4 nitrogen and oxygen atoms in total. The quantitative estimate of drug-likeness (QED) is 0.822. The highest BCUT2D eigenvalue weighted by molar-refractivity contribution is 7.80. The van der Waals surface area contributed by atoms with Crippen LogP contribution in [0.15, 0.2) is 18.2 Å². The number of carbonyl (C=O) groups is 1. The molecule has 1 saturated heterocycles. The fraction of sp³-hybridized carbons (Fsp3) is 0.385. The van der Waals surface area contributed by atoms with Crippen LogP contribution < -0.4 is 5.32 Å². The molecular weight excluding hydrogens is 284 g/mol. The molecule has 0 bridgehead atoms. The largest absolute Gasteiger partial charge is 0.481 e. The molecule has 1 aliphatic heterocycles. The van der Waals surface area contributed by atoms with Crippen LogP contribution in [0.2, 0.25) is 5.02 Å². The van der Waals surface area contributed by atoms with Crippen molar-refractivity contribution in [2.45, 2.75) is 13.3 Å². The van der Waals surface area contributed by atoms with Crippen molar-refractivity contribution in [2.75, 3.05) is 18.4 Å². The lowest BCUT2D eigenvalue weighted by Crippen LogP contribution is -2.33. The maximum Gasteiger partial charge on any atom is 0.308 e. The number of carboxylic acid groups (broad SMARTS) is 1. The van der Waals surface area contributed by atoms with Crippen molar-refractivity contribution < 1.29 is 9.90 Å². The highest BCUT2D eigenvalue weighted by Crippen LogP contribution is 2.22. The fourth-order valence-corrected chi connectivity index (χ4v) is 2.61. The third-order valence-corrected chi connectivity index (χ3v) is 3.85. The number of halogens is 1. The van der Waals surface area contributed by atoms with Gasteiger partial charge < -0.3 is 15.3 Å². The molecule has 1 aliphatic rings. The lowest BCUT2D eigenvalue weighted by atomic mass is 10.1. The molecule has 102 valence electrons. The Kier molecular flexibility index (Phi) is 4.27. The van der Waals surface area contributed by atoms with Crippen molar-refractivity contribution in [3.05, 3.63) is 28.8 Å². The molecule has 1 heterocycles. The van der Waals surface area contributed by atoms with Crippen molar-refractivity contribution in [1.29, 1.82) is 0 Å². The van der Waals surface area contributed by atoms with E-state index in [1.165, 1.54) is 0 Å². The SMILES string of the molecule is Cc1cc(Cl)ccc1NC(=S)N1CCC(C(=O)O)C1. The third-order valence-electron chi connectivity index (χ3n) is 3.25. The number of hydrogen-bond acceptors (Lipinski definition) is 2. The minimum absolute atomic E-state index is 0.328. The van der Waals surface area contributed by atoms with Crippen LogP contribution in [0, 0.1) is 12.8 Å². The summed E-state index contributed by atoms with van der Waals surface area (Å²) in [6.45, 7) is 3.09. The van der Waals surface area contributed by atoms with Crippen LogP contribution >= 0.6 is 23.8 Å². The summed E-state index contributed by atoms with van der Waals surface area (Å²) in [7, 11) is 0. The van der Waals surface area contributed by atoms with Gasteiger partial charge in [0.05, 0.1) is 5.92 Å². The number of carboxylic acids is 1. The van der Waals surface area contributed by atoms with Gasteiger partial charge in [0.25, 0.3) is 0 Å². The number of aryl methyl sites for hydroxylation is 1. The Morgan fingerprint density at radius 3 is 2.89 bits per heavy atom. The van der Waals surface area contributed by atoms with Gasteiger partial charge in [0, 0.05) is 23.8 Å². The predicted molar refractivity (Wildman–Crippen MR) is 79.7 cm³/mol. The number of benzene rings is 1. The Bertz CT molecular complexity index is 521. The van der Waals surface area contributed by atoms with Gasteiger partial charge in [-0.25, -0.2) is 0 Å². The second-order valence-corrected chi connectivity index (χ2v) is 5.48. The summed E-state index contributed by atoms with van der Waals surface area (Å²) >= 11 is 11.2. The molecule has 0 radical (unpaired) electrons. The average molecular weight is 299 g/mol. The normalized spacial score (nSPS) is 18.4. The molecule has 0 saturated carbocycles. The van der Waals surface area contributed by atoms with Crippen LogP contribution in [0.5, 0.6) is 0 Å². The van der Waals surface area contributed by atoms with Crippen molar-refractivity contribution in [3.63, 3.8) is 0 Å². The molecule has 1 fully saturated rings. The standard InChI is InChI=1S/C13H15ClN2O2S/c1-8-6-10(14)2-3-11(8)15-13(19)16-5-4-9(7-16)12(17)18/h2-3,6,9H,4-5,7H2,1H3,(H,15,19)(H,17,18).